The monoisotopic (exact) mass is 310 g/mol. The molecule has 0 radical (unpaired) electrons. The van der Waals surface area contributed by atoms with Crippen LogP contribution in [0.4, 0.5) is 30.7 Å². The van der Waals surface area contributed by atoms with Crippen molar-refractivity contribution in [1.29, 1.82) is 0 Å². The van der Waals surface area contributed by atoms with Crippen molar-refractivity contribution in [3.05, 3.63) is 0 Å². The van der Waals surface area contributed by atoms with Crippen molar-refractivity contribution in [3.8, 4) is 0 Å². The maximum Gasteiger partial charge on any atom is 0.502 e. The molecule has 1 saturated heterocycles. The van der Waals surface area contributed by atoms with E-state index in [9.17, 15) is 39.2 Å². The van der Waals surface area contributed by atoms with Crippen molar-refractivity contribution in [2.75, 3.05) is 0 Å². The van der Waals surface area contributed by atoms with Crippen LogP contribution in [0.2, 0.25) is 0 Å². The van der Waals surface area contributed by atoms with Gasteiger partial charge in [-0.05, 0) is 23.5 Å². The van der Waals surface area contributed by atoms with Gasteiger partial charge in [-0.15, -0.1) is 0 Å². The van der Waals surface area contributed by atoms with Gasteiger partial charge in [-0.3, -0.25) is 0 Å². The van der Waals surface area contributed by atoms with Crippen LogP contribution in [0.15, 0.2) is 0 Å². The summed E-state index contributed by atoms with van der Waals surface area (Å²) in [6.45, 7) is 0. The van der Waals surface area contributed by atoms with Crippen LogP contribution in [0.5, 0.6) is 0 Å². The maximum absolute atomic E-state index is 13.2. The van der Waals surface area contributed by atoms with E-state index in [-0.39, 0.29) is 0 Å². The Kier molecular flexibility index (Phi) is 3.18. The molecule has 1 heterocycles. The van der Waals surface area contributed by atoms with Gasteiger partial charge in [0.05, 0.1) is 0 Å². The van der Waals surface area contributed by atoms with Crippen molar-refractivity contribution >= 4 is 33.4 Å². The molecule has 0 aromatic heterocycles. The van der Waals surface area contributed by atoms with Crippen LogP contribution < -0.4 is 0 Å². The lowest BCUT2D eigenvalue weighted by Crippen LogP contribution is -2.37. The summed E-state index contributed by atoms with van der Waals surface area (Å²) in [7, 11) is -6.54. The predicted molar refractivity (Wildman–Crippen MR) is 43.8 cm³/mol. The van der Waals surface area contributed by atoms with Gasteiger partial charge in [0.15, 0.2) is 0 Å². The number of alkyl halides is 7. The standard InChI is InChI=1S/C4HF7O2S3/c5-1-2(6,7)15-4(11,14-1)16(12,13)3(8,9)10/h1H. The molecule has 0 spiro atoms. The number of thioether (sulfide) groups is 2. The highest BCUT2D eigenvalue weighted by molar-refractivity contribution is 8.33. The Hall–Kier alpha value is 0.160. The maximum atomic E-state index is 13.2. The fourth-order valence-electron chi connectivity index (χ4n) is 0.682. The Bertz CT molecular complexity index is 389. The summed E-state index contributed by atoms with van der Waals surface area (Å²) in [6.07, 6.45) is 0. The van der Waals surface area contributed by atoms with Gasteiger partial charge in [-0.1, -0.05) is 0 Å². The molecule has 2 atom stereocenters. The second-order valence-electron chi connectivity index (χ2n) is 2.53. The van der Waals surface area contributed by atoms with E-state index in [0.717, 1.165) is 0 Å². The minimum absolute atomic E-state index is 1.22. The Balaban J connectivity index is 3.18. The van der Waals surface area contributed by atoms with Crippen molar-refractivity contribution in [2.45, 2.75) is 19.9 Å². The minimum Gasteiger partial charge on any atom is -0.228 e. The average Bonchev–Trinajstić information content (AvgIpc) is 2.19. The second kappa shape index (κ2) is 3.57. The first-order valence-corrected chi connectivity index (χ1v) is 6.41. The first kappa shape index (κ1) is 14.2. The van der Waals surface area contributed by atoms with Crippen LogP contribution in [0.3, 0.4) is 0 Å². The molecule has 1 aliphatic rings. The summed E-state index contributed by atoms with van der Waals surface area (Å²) >= 11 is -2.73. The van der Waals surface area contributed by atoms with Gasteiger partial charge in [0.1, 0.15) is 0 Å². The number of sulfone groups is 1. The quantitative estimate of drug-likeness (QED) is 0.698. The van der Waals surface area contributed by atoms with E-state index in [1.165, 1.54) is 0 Å². The Labute approximate surface area is 92.9 Å². The topological polar surface area (TPSA) is 34.1 Å². The summed E-state index contributed by atoms with van der Waals surface area (Å²) in [6, 6.07) is 0. The van der Waals surface area contributed by atoms with Gasteiger partial charge in [0.25, 0.3) is 0 Å². The molecular weight excluding hydrogens is 309 g/mol. The molecule has 1 aliphatic heterocycles. The third kappa shape index (κ3) is 1.98. The van der Waals surface area contributed by atoms with E-state index >= 15 is 0 Å². The van der Waals surface area contributed by atoms with E-state index < -0.39 is 53.3 Å². The minimum atomic E-state index is -6.54. The third-order valence-electron chi connectivity index (χ3n) is 1.39. The first-order chi connectivity index (χ1) is 6.83. The number of hydrogen-bond acceptors (Lipinski definition) is 4. The summed E-state index contributed by atoms with van der Waals surface area (Å²) in [5.74, 6) is 0. The Morgan fingerprint density at radius 2 is 1.56 bits per heavy atom. The fourth-order valence-corrected chi connectivity index (χ4v) is 4.93. The molecule has 2 nitrogen and oxygen atoms in total. The molecule has 0 aromatic rings. The van der Waals surface area contributed by atoms with Crippen LogP contribution in [-0.4, -0.2) is 28.3 Å². The van der Waals surface area contributed by atoms with Crippen LogP contribution in [0.25, 0.3) is 0 Å². The molecule has 12 heteroatoms. The molecule has 16 heavy (non-hydrogen) atoms. The molecule has 2 unspecified atom stereocenters. The SMILES string of the molecule is O=S(=O)(C(F)(F)F)C1(F)SC(F)C(F)(F)S1. The molecule has 0 amide bonds. The number of halogens is 7. The highest BCUT2D eigenvalue weighted by Crippen LogP contribution is 2.65. The zero-order chi connectivity index (χ0) is 13.0. The molecule has 96 valence electrons. The lowest BCUT2D eigenvalue weighted by atomic mass is 10.8. The van der Waals surface area contributed by atoms with Gasteiger partial charge in [-0.25, -0.2) is 17.2 Å². The average molecular weight is 310 g/mol. The summed E-state index contributed by atoms with van der Waals surface area (Å²) in [5, 5.41) is -4.53. The van der Waals surface area contributed by atoms with Crippen molar-refractivity contribution in [1.82, 2.24) is 0 Å². The summed E-state index contributed by atoms with van der Waals surface area (Å²) < 4.78 is 103. The molecular formula is C4HF7O2S3. The smallest absolute Gasteiger partial charge is 0.228 e. The molecule has 0 bridgehead atoms. The lowest BCUT2D eigenvalue weighted by molar-refractivity contribution is -0.0452. The van der Waals surface area contributed by atoms with E-state index in [1.807, 2.05) is 0 Å². The first-order valence-electron chi connectivity index (χ1n) is 3.23. The van der Waals surface area contributed by atoms with E-state index in [2.05, 4.69) is 0 Å². The number of rotatable bonds is 1. The zero-order valence-corrected chi connectivity index (χ0v) is 9.21. The highest BCUT2D eigenvalue weighted by Gasteiger charge is 2.72. The largest absolute Gasteiger partial charge is 0.502 e. The Morgan fingerprint density at radius 3 is 1.81 bits per heavy atom. The second-order valence-corrected chi connectivity index (χ2v) is 7.86. The van der Waals surface area contributed by atoms with Crippen molar-refractivity contribution in [3.63, 3.8) is 0 Å². The fraction of sp³-hybridized carbons (Fsp3) is 1.00. The van der Waals surface area contributed by atoms with Gasteiger partial charge in [-0.2, -0.15) is 22.0 Å². The van der Waals surface area contributed by atoms with Gasteiger partial charge in [0, 0.05) is 0 Å². The zero-order valence-electron chi connectivity index (χ0n) is 6.76. The van der Waals surface area contributed by atoms with E-state index in [1.54, 1.807) is 0 Å². The van der Waals surface area contributed by atoms with Crippen molar-refractivity contribution in [2.24, 2.45) is 0 Å². The molecule has 0 aromatic carbocycles. The molecule has 1 rings (SSSR count). The third-order valence-corrected chi connectivity index (χ3v) is 6.69. The van der Waals surface area contributed by atoms with Crippen LogP contribution in [0.1, 0.15) is 0 Å². The van der Waals surface area contributed by atoms with Gasteiger partial charge in [0.2, 0.25) is 5.50 Å². The van der Waals surface area contributed by atoms with Gasteiger partial charge < -0.3 is 0 Å². The predicted octanol–water partition coefficient (Wildman–Crippen LogP) is 2.87. The van der Waals surface area contributed by atoms with E-state index in [0.29, 0.717) is 0 Å². The normalized spacial score (nSPS) is 35.3. The molecule has 0 saturated carbocycles. The summed E-state index contributed by atoms with van der Waals surface area (Å²) in [5.41, 5.74) is -9.43. The molecule has 1 fully saturated rings. The van der Waals surface area contributed by atoms with Crippen LogP contribution >= 0.6 is 23.5 Å². The highest BCUT2D eigenvalue weighted by atomic mass is 32.3. The van der Waals surface area contributed by atoms with E-state index in [4.69, 9.17) is 0 Å². The lowest BCUT2D eigenvalue weighted by Gasteiger charge is -2.18. The van der Waals surface area contributed by atoms with Gasteiger partial charge >= 0.3 is 24.3 Å². The Morgan fingerprint density at radius 1 is 1.12 bits per heavy atom. The van der Waals surface area contributed by atoms with Crippen molar-refractivity contribution < 1.29 is 39.2 Å². The molecule has 0 aliphatic carbocycles. The number of hydrogen-bond donors (Lipinski definition) is 0. The van der Waals surface area contributed by atoms with Crippen LogP contribution in [0, 0.1) is 0 Å². The van der Waals surface area contributed by atoms with Crippen LogP contribution in [-0.2, 0) is 9.84 Å². The molecule has 0 N–H and O–H groups in total. The summed E-state index contributed by atoms with van der Waals surface area (Å²) in [4.78, 5) is 0.